The zero-order chi connectivity index (χ0) is 75.5. The first-order valence-corrected chi connectivity index (χ1v) is 39.6. The Hall–Kier alpha value is -14.1. The largest absolute Gasteiger partial charge is 0.569 e. The maximum Gasteiger partial charge on any atom is 0.569 e. The number of fused-ring (bicyclic) bond motifs is 18. The van der Waals surface area contributed by atoms with Crippen molar-refractivity contribution in [2.45, 2.75) is 0 Å². The van der Waals surface area contributed by atoms with Crippen molar-refractivity contribution >= 4 is 132 Å². The minimum absolute atomic E-state index is 0.640. The Morgan fingerprint density at radius 1 is 0.219 bits per heavy atom. The van der Waals surface area contributed by atoms with Gasteiger partial charge in [0, 0.05) is 37.4 Å². The Bertz CT molecular complexity index is 7650. The molecule has 0 atom stereocenters. The Morgan fingerprint density at radius 3 is 1.00 bits per heavy atom. The third-order valence-corrected chi connectivity index (χ3v) is 24.0. The average Bonchev–Trinajstić information content (AvgIpc) is 1.52. The van der Waals surface area contributed by atoms with Crippen molar-refractivity contribution < 1.29 is 9.68 Å². The number of rotatable bonds is 9. The van der Waals surface area contributed by atoms with Crippen molar-refractivity contribution in [3.05, 3.63) is 405 Å². The van der Waals surface area contributed by atoms with Gasteiger partial charge in [-0.2, -0.15) is 0 Å². The molecule has 0 fully saturated rings. The van der Waals surface area contributed by atoms with E-state index in [0.29, 0.717) is 13.4 Å². The van der Waals surface area contributed by atoms with Gasteiger partial charge in [-0.15, -0.1) is 0 Å². The molecule has 0 saturated heterocycles. The number of aromatic nitrogens is 2. The molecule has 0 unspecified atom stereocenters. The molecule has 24 rings (SSSR count). The standard InChI is InChI=1S/C54H33N.C44H26BrN.C10H8BO2/c1-4-16-35(17-5-1)49-41-23-12-13-24-42(41)50(36-18-6-2-7-19-36)54-46-33-48-52(43-25-14-26-44(51(43)46)53(49)54)45-32-39(38-28-27-34-15-10-11-20-37(34)31-38)29-30-47(45)55(48)40-21-8-3-9-22-40;45-29-23-24-37-35(25-29)42-33-21-12-22-34-41(33)36(26-38(42)46(37)30-17-8-3-9-18-30)44-40(28-15-6-2-7-16-28)32-20-11-10-19-31(32)39(43(34)44)27-13-4-1-5-14-27;12-11-13-10-6-5-8-3-1-2-4-9(8)7-10/h1-33H;1-26H;1-7,12H. The summed E-state index contributed by atoms with van der Waals surface area (Å²) in [5.41, 5.74) is 30.3. The van der Waals surface area contributed by atoms with Gasteiger partial charge < -0.3 is 18.8 Å². The van der Waals surface area contributed by atoms with Gasteiger partial charge in [0.2, 0.25) is 0 Å². The minimum atomic E-state index is 0.640. The topological polar surface area (TPSA) is 39.3 Å². The fourth-order valence-electron chi connectivity index (χ4n) is 18.9. The summed E-state index contributed by atoms with van der Waals surface area (Å²) in [6.07, 6.45) is 0. The van der Waals surface area contributed by atoms with Crippen LogP contribution in [0.25, 0.3) is 220 Å². The lowest BCUT2D eigenvalue weighted by molar-refractivity contribution is 0.454. The van der Waals surface area contributed by atoms with E-state index in [-0.39, 0.29) is 0 Å². The van der Waals surface area contributed by atoms with Gasteiger partial charge in [0.25, 0.3) is 0 Å². The molecule has 531 valence electrons. The summed E-state index contributed by atoms with van der Waals surface area (Å²) >= 11 is 3.80. The third kappa shape index (κ3) is 10.7. The fourth-order valence-corrected chi connectivity index (χ4v) is 19.3. The van der Waals surface area contributed by atoms with Crippen LogP contribution in [0.3, 0.4) is 0 Å². The van der Waals surface area contributed by atoms with E-state index in [0.717, 1.165) is 26.6 Å². The Kier molecular flexibility index (Phi) is 16.1. The predicted molar refractivity (Wildman–Crippen MR) is 485 cm³/mol. The van der Waals surface area contributed by atoms with Crippen LogP contribution in [0.15, 0.2) is 405 Å². The molecule has 1 N–H and O–H groups in total. The molecule has 22 aromatic rings. The highest BCUT2D eigenvalue weighted by molar-refractivity contribution is 9.10. The second kappa shape index (κ2) is 27.4. The van der Waals surface area contributed by atoms with Crippen LogP contribution < -0.4 is 4.65 Å². The van der Waals surface area contributed by atoms with E-state index in [2.05, 4.69) is 383 Å². The van der Waals surface area contributed by atoms with Crippen molar-refractivity contribution in [2.75, 3.05) is 0 Å². The normalized spacial score (nSPS) is 11.8. The molecule has 0 bridgehead atoms. The first kappa shape index (κ1) is 66.8. The van der Waals surface area contributed by atoms with E-state index >= 15 is 0 Å². The zero-order valence-electron chi connectivity index (χ0n) is 61.8. The Balaban J connectivity index is 0.000000121. The molecular formula is C108H67BBrN2O2. The second-order valence-electron chi connectivity index (χ2n) is 29.7. The van der Waals surface area contributed by atoms with Crippen molar-refractivity contribution in [2.24, 2.45) is 0 Å². The molecule has 1 radical (unpaired) electrons. The first-order valence-electron chi connectivity index (χ1n) is 38.8. The van der Waals surface area contributed by atoms with Gasteiger partial charge in [-0.25, -0.2) is 0 Å². The van der Waals surface area contributed by atoms with Gasteiger partial charge in [-0.05, 0) is 250 Å². The molecule has 0 saturated carbocycles. The van der Waals surface area contributed by atoms with E-state index in [1.807, 2.05) is 42.5 Å². The molecule has 0 spiro atoms. The first-order chi connectivity index (χ1) is 56.5. The summed E-state index contributed by atoms with van der Waals surface area (Å²) in [4.78, 5) is 0. The Labute approximate surface area is 668 Å². The van der Waals surface area contributed by atoms with Crippen LogP contribution in [0.2, 0.25) is 0 Å². The second-order valence-corrected chi connectivity index (χ2v) is 30.6. The van der Waals surface area contributed by atoms with E-state index < -0.39 is 0 Å². The highest BCUT2D eigenvalue weighted by Gasteiger charge is 2.35. The van der Waals surface area contributed by atoms with Crippen molar-refractivity contribution in [1.29, 1.82) is 0 Å². The maximum absolute atomic E-state index is 8.44. The van der Waals surface area contributed by atoms with E-state index in [1.165, 1.54) is 198 Å². The molecule has 4 nitrogen and oxygen atoms in total. The number of hydrogen-bond acceptors (Lipinski definition) is 2. The highest BCUT2D eigenvalue weighted by atomic mass is 79.9. The Morgan fingerprint density at radius 2 is 0.561 bits per heavy atom. The summed E-state index contributed by atoms with van der Waals surface area (Å²) in [7, 11) is 0.685. The lowest BCUT2D eigenvalue weighted by atomic mass is 9.82. The van der Waals surface area contributed by atoms with Crippen molar-refractivity contribution in [1.82, 2.24) is 9.13 Å². The monoisotopic (exact) mass is 1510 g/mol. The van der Waals surface area contributed by atoms with Crippen molar-refractivity contribution in [3.8, 4) is 117 Å². The fraction of sp³-hybridized carbons (Fsp3) is 0. The lowest BCUT2D eigenvalue weighted by Gasteiger charge is -2.20. The molecule has 0 amide bonds. The number of halogens is 1. The van der Waals surface area contributed by atoms with Crippen LogP contribution in [0.4, 0.5) is 0 Å². The van der Waals surface area contributed by atoms with Gasteiger partial charge >= 0.3 is 7.69 Å². The highest BCUT2D eigenvalue weighted by Crippen LogP contribution is 2.62. The molecule has 20 aromatic carbocycles. The van der Waals surface area contributed by atoms with Gasteiger partial charge in [0.1, 0.15) is 5.75 Å². The number of benzene rings is 20. The summed E-state index contributed by atoms with van der Waals surface area (Å²) in [6.45, 7) is 0. The number of para-hydroxylation sites is 2. The summed E-state index contributed by atoms with van der Waals surface area (Å²) in [5.74, 6) is 0.640. The number of hydrogen-bond donors (Lipinski definition) is 1. The van der Waals surface area contributed by atoms with Crippen LogP contribution >= 0.6 is 15.9 Å². The maximum atomic E-state index is 8.44. The molecular weight excluding hydrogens is 1450 g/mol. The van der Waals surface area contributed by atoms with Crippen LogP contribution in [0.1, 0.15) is 0 Å². The molecule has 6 heteroatoms. The quantitative estimate of drug-likeness (QED) is 0.146. The van der Waals surface area contributed by atoms with E-state index in [1.54, 1.807) is 0 Å². The number of nitrogens with zero attached hydrogens (tertiary/aromatic N) is 2. The molecule has 2 aliphatic rings. The molecule has 0 aliphatic heterocycles. The van der Waals surface area contributed by atoms with Gasteiger partial charge in [-0.1, -0.05) is 331 Å². The molecule has 2 heterocycles. The predicted octanol–water partition coefficient (Wildman–Crippen LogP) is 29.5. The van der Waals surface area contributed by atoms with Crippen LogP contribution in [0, 0.1) is 0 Å². The minimum Gasteiger partial charge on any atom is -0.537 e. The molecule has 114 heavy (non-hydrogen) atoms. The average molecular weight is 1520 g/mol. The lowest BCUT2D eigenvalue weighted by Crippen LogP contribution is -1.99. The van der Waals surface area contributed by atoms with Gasteiger partial charge in [0.05, 0.1) is 22.1 Å². The molecule has 2 aromatic heterocycles. The van der Waals surface area contributed by atoms with Crippen LogP contribution in [0.5, 0.6) is 5.75 Å². The van der Waals surface area contributed by atoms with E-state index in [9.17, 15) is 0 Å². The van der Waals surface area contributed by atoms with Gasteiger partial charge in [0.15, 0.2) is 0 Å². The summed E-state index contributed by atoms with van der Waals surface area (Å²) < 4.78 is 10.9. The molecule has 2 aliphatic carbocycles. The zero-order valence-corrected chi connectivity index (χ0v) is 63.4. The van der Waals surface area contributed by atoms with Crippen molar-refractivity contribution in [3.63, 3.8) is 0 Å². The van der Waals surface area contributed by atoms with Crippen LogP contribution in [-0.4, -0.2) is 21.8 Å². The summed E-state index contributed by atoms with van der Waals surface area (Å²) in [6, 6.07) is 145. The SMILES string of the molecule is Brc1ccc2c(c1)c1c3cccc4c3c(cc1n2-c1ccccc1)-c1c-4c(-c2ccccc2)c2ccccc2c1-c1ccccc1.O[B]Oc1ccc2ccccc2c1.c1ccc(-c2c3c(c(-c4ccccc4)c4ccccc24)-c2cc4c(c5cccc-3c25)c2cc(-c3ccc5ccccc5c3)ccc2n4-c2ccccc2)cc1. The smallest absolute Gasteiger partial charge is 0.537 e. The van der Waals surface area contributed by atoms with Gasteiger partial charge in [-0.3, -0.25) is 0 Å². The van der Waals surface area contributed by atoms with E-state index in [4.69, 9.17) is 9.68 Å². The van der Waals surface area contributed by atoms with Crippen LogP contribution in [-0.2, 0) is 0 Å². The third-order valence-electron chi connectivity index (χ3n) is 23.5. The summed E-state index contributed by atoms with van der Waals surface area (Å²) in [5, 5.41) is 28.7.